The summed E-state index contributed by atoms with van der Waals surface area (Å²) in [6.45, 7) is 3.06. The third-order valence-electron chi connectivity index (χ3n) is 8.54. The van der Waals surface area contributed by atoms with E-state index in [9.17, 15) is 9.59 Å². The molecule has 0 radical (unpaired) electrons. The number of Topliss-reactive ketones (excluding diaryl/α,β-unsaturated/α-hetero) is 2. The SMILES string of the molecule is COC[C@]12CCC(=O)C[C@@H]1CCC[C@H]1[C@@H]2CC[C@]2(C)C(=O)CC[C@@H]12. The van der Waals surface area contributed by atoms with Crippen LogP contribution in [0.4, 0.5) is 0 Å². The molecule has 0 unspecified atom stereocenters. The van der Waals surface area contributed by atoms with Crippen molar-refractivity contribution in [2.75, 3.05) is 13.7 Å². The Morgan fingerprint density at radius 1 is 1.04 bits per heavy atom. The van der Waals surface area contributed by atoms with E-state index in [4.69, 9.17) is 4.74 Å². The zero-order valence-corrected chi connectivity index (χ0v) is 15.3. The van der Waals surface area contributed by atoms with Crippen molar-refractivity contribution in [3.05, 3.63) is 0 Å². The van der Waals surface area contributed by atoms with Gasteiger partial charge in [0.25, 0.3) is 0 Å². The molecule has 4 aliphatic rings. The van der Waals surface area contributed by atoms with Crippen LogP contribution in [0.5, 0.6) is 0 Å². The van der Waals surface area contributed by atoms with Gasteiger partial charge in [-0.2, -0.15) is 0 Å². The number of hydrogen-bond donors (Lipinski definition) is 0. The summed E-state index contributed by atoms with van der Waals surface area (Å²) in [4.78, 5) is 24.7. The minimum Gasteiger partial charge on any atom is -0.384 e. The maximum atomic E-state index is 12.6. The number of rotatable bonds is 2. The molecule has 0 bridgehead atoms. The van der Waals surface area contributed by atoms with Gasteiger partial charge in [0.15, 0.2) is 0 Å². The molecule has 0 aliphatic heterocycles. The van der Waals surface area contributed by atoms with E-state index in [0.29, 0.717) is 35.2 Å². The Kier molecular flexibility index (Phi) is 4.14. The lowest BCUT2D eigenvalue weighted by Crippen LogP contribution is -2.52. The van der Waals surface area contributed by atoms with Gasteiger partial charge in [0.05, 0.1) is 6.61 Å². The normalized spacial score (nSPS) is 48.4. The van der Waals surface area contributed by atoms with Gasteiger partial charge < -0.3 is 4.74 Å². The predicted molar refractivity (Wildman–Crippen MR) is 92.6 cm³/mol. The largest absolute Gasteiger partial charge is 0.384 e. The third-order valence-corrected chi connectivity index (χ3v) is 8.54. The van der Waals surface area contributed by atoms with E-state index in [2.05, 4.69) is 6.92 Å². The first kappa shape index (κ1) is 16.8. The first-order valence-electron chi connectivity index (χ1n) is 10.1. The Morgan fingerprint density at radius 3 is 2.67 bits per heavy atom. The van der Waals surface area contributed by atoms with Crippen molar-refractivity contribution < 1.29 is 14.3 Å². The maximum absolute atomic E-state index is 12.6. The molecule has 6 atom stereocenters. The van der Waals surface area contributed by atoms with E-state index in [-0.39, 0.29) is 10.8 Å². The van der Waals surface area contributed by atoms with Crippen LogP contribution in [0.15, 0.2) is 0 Å². The van der Waals surface area contributed by atoms with Gasteiger partial charge in [0.1, 0.15) is 11.6 Å². The molecule has 4 rings (SSSR count). The average molecular weight is 332 g/mol. The second-order valence-electron chi connectivity index (χ2n) is 9.33. The molecule has 0 N–H and O–H groups in total. The van der Waals surface area contributed by atoms with Crippen LogP contribution in [0.1, 0.15) is 71.1 Å². The number of ketones is 2. The summed E-state index contributed by atoms with van der Waals surface area (Å²) in [5.74, 6) is 3.39. The lowest BCUT2D eigenvalue weighted by atomic mass is 9.49. The summed E-state index contributed by atoms with van der Waals surface area (Å²) in [6.07, 6.45) is 10.3. The molecule has 0 amide bonds. The molecule has 0 spiro atoms. The lowest BCUT2D eigenvalue weighted by molar-refractivity contribution is -0.141. The second kappa shape index (κ2) is 5.93. The Balaban J connectivity index is 1.71. The predicted octanol–water partition coefficient (Wildman–Crippen LogP) is 4.18. The summed E-state index contributed by atoms with van der Waals surface area (Å²) in [7, 11) is 1.83. The fourth-order valence-corrected chi connectivity index (χ4v) is 7.37. The van der Waals surface area contributed by atoms with E-state index in [1.165, 1.54) is 19.3 Å². The molecular formula is C21H32O3. The molecular weight excluding hydrogens is 300 g/mol. The standard InChI is InChI=1S/C21H32O3/c1-20-10-9-18-16(17(20)6-7-19(20)23)5-3-4-14-12-15(22)8-11-21(14,18)13-24-2/h14,16-18H,3-13H2,1-2H3/t14-,16+,17-,18-,20-,21+/m0/s1. The number of methoxy groups -OCH3 is 1. The zero-order valence-electron chi connectivity index (χ0n) is 15.3. The van der Waals surface area contributed by atoms with E-state index < -0.39 is 0 Å². The topological polar surface area (TPSA) is 43.4 Å². The Labute approximate surface area is 145 Å². The van der Waals surface area contributed by atoms with E-state index in [0.717, 1.165) is 51.6 Å². The summed E-state index contributed by atoms with van der Waals surface area (Å²) >= 11 is 0. The van der Waals surface area contributed by atoms with Crippen LogP contribution in [0, 0.1) is 34.5 Å². The Morgan fingerprint density at radius 2 is 1.88 bits per heavy atom. The number of carbonyl (C=O) groups is 2. The van der Waals surface area contributed by atoms with Crippen molar-refractivity contribution in [1.29, 1.82) is 0 Å². The smallest absolute Gasteiger partial charge is 0.139 e. The van der Waals surface area contributed by atoms with Gasteiger partial charge in [-0.1, -0.05) is 13.3 Å². The molecule has 0 aromatic rings. The quantitative estimate of drug-likeness (QED) is 0.762. The molecule has 4 saturated carbocycles. The van der Waals surface area contributed by atoms with Crippen molar-refractivity contribution in [2.45, 2.75) is 71.1 Å². The third kappa shape index (κ3) is 2.26. The molecule has 0 aromatic heterocycles. The maximum Gasteiger partial charge on any atom is 0.139 e. The molecule has 0 heterocycles. The van der Waals surface area contributed by atoms with Crippen LogP contribution < -0.4 is 0 Å². The summed E-state index contributed by atoms with van der Waals surface area (Å²) in [5.41, 5.74) is 0.135. The van der Waals surface area contributed by atoms with Gasteiger partial charge in [-0.3, -0.25) is 9.59 Å². The van der Waals surface area contributed by atoms with E-state index in [1.807, 2.05) is 7.11 Å². The highest BCUT2D eigenvalue weighted by molar-refractivity contribution is 5.87. The van der Waals surface area contributed by atoms with Gasteiger partial charge in [0.2, 0.25) is 0 Å². The van der Waals surface area contributed by atoms with E-state index in [1.54, 1.807) is 0 Å². The Hall–Kier alpha value is -0.700. The molecule has 4 fully saturated rings. The zero-order chi connectivity index (χ0) is 16.9. The number of hydrogen-bond acceptors (Lipinski definition) is 3. The molecule has 24 heavy (non-hydrogen) atoms. The Bertz CT molecular complexity index is 541. The molecule has 0 saturated heterocycles. The second-order valence-corrected chi connectivity index (χ2v) is 9.33. The van der Waals surface area contributed by atoms with Crippen LogP contribution in [0.2, 0.25) is 0 Å². The molecule has 134 valence electrons. The van der Waals surface area contributed by atoms with Gasteiger partial charge in [-0.05, 0) is 62.2 Å². The van der Waals surface area contributed by atoms with Crippen molar-refractivity contribution in [3.63, 3.8) is 0 Å². The molecule has 3 nitrogen and oxygen atoms in total. The van der Waals surface area contributed by atoms with Crippen molar-refractivity contribution in [2.24, 2.45) is 34.5 Å². The van der Waals surface area contributed by atoms with Gasteiger partial charge >= 0.3 is 0 Å². The van der Waals surface area contributed by atoms with Gasteiger partial charge in [-0.25, -0.2) is 0 Å². The molecule has 4 aliphatic carbocycles. The monoisotopic (exact) mass is 332 g/mol. The highest BCUT2D eigenvalue weighted by Crippen LogP contribution is 2.64. The summed E-state index contributed by atoms with van der Waals surface area (Å²) in [5, 5.41) is 0. The van der Waals surface area contributed by atoms with Crippen molar-refractivity contribution >= 4 is 11.6 Å². The van der Waals surface area contributed by atoms with Crippen molar-refractivity contribution in [1.82, 2.24) is 0 Å². The first-order valence-corrected chi connectivity index (χ1v) is 10.1. The molecule has 3 heteroatoms. The fourth-order valence-electron chi connectivity index (χ4n) is 7.37. The van der Waals surface area contributed by atoms with Crippen LogP contribution >= 0.6 is 0 Å². The van der Waals surface area contributed by atoms with Gasteiger partial charge in [0, 0.05) is 37.2 Å². The first-order chi connectivity index (χ1) is 11.5. The molecule has 0 aromatic carbocycles. The minimum atomic E-state index is -0.0558. The fraction of sp³-hybridized carbons (Fsp3) is 0.905. The lowest BCUT2D eigenvalue weighted by Gasteiger charge is -2.55. The minimum absolute atomic E-state index is 0.0558. The van der Waals surface area contributed by atoms with Crippen molar-refractivity contribution in [3.8, 4) is 0 Å². The van der Waals surface area contributed by atoms with Crippen LogP contribution in [-0.2, 0) is 14.3 Å². The number of carbonyl (C=O) groups excluding carboxylic acids is 2. The number of ether oxygens (including phenoxy) is 1. The highest BCUT2D eigenvalue weighted by atomic mass is 16.5. The van der Waals surface area contributed by atoms with Crippen LogP contribution in [0.3, 0.4) is 0 Å². The van der Waals surface area contributed by atoms with Gasteiger partial charge in [-0.15, -0.1) is 0 Å². The average Bonchev–Trinajstić information content (AvgIpc) is 2.77. The van der Waals surface area contributed by atoms with Crippen LogP contribution in [-0.4, -0.2) is 25.3 Å². The summed E-state index contributed by atoms with van der Waals surface area (Å²) < 4.78 is 5.76. The van der Waals surface area contributed by atoms with Crippen LogP contribution in [0.25, 0.3) is 0 Å². The number of fused-ring (bicyclic) bond motifs is 5. The van der Waals surface area contributed by atoms with E-state index >= 15 is 0 Å². The summed E-state index contributed by atoms with van der Waals surface area (Å²) in [6, 6.07) is 0. The highest BCUT2D eigenvalue weighted by Gasteiger charge is 2.60.